The van der Waals surface area contributed by atoms with Crippen molar-refractivity contribution >= 4 is 5.97 Å². The van der Waals surface area contributed by atoms with Gasteiger partial charge in [-0.15, -0.1) is 0 Å². The molecule has 1 fully saturated rings. The van der Waals surface area contributed by atoms with Gasteiger partial charge in [-0.25, -0.2) is 0 Å². The molecule has 86 valence electrons. The lowest BCUT2D eigenvalue weighted by molar-refractivity contribution is -0.141. The molecule has 5 heteroatoms. The van der Waals surface area contributed by atoms with Gasteiger partial charge >= 0.3 is 12.1 Å². The molecule has 1 aliphatic heterocycles. The molecule has 2 nitrogen and oxygen atoms in total. The third-order valence-electron chi connectivity index (χ3n) is 2.47. The molecule has 0 N–H and O–H groups in total. The molecule has 0 aliphatic carbocycles. The van der Waals surface area contributed by atoms with E-state index in [2.05, 4.69) is 0 Å². The molecule has 0 amide bonds. The minimum atomic E-state index is -4.36. The molecule has 0 aromatic heterocycles. The molecular weight excluding hydrogens is 221 g/mol. The molecule has 0 saturated carbocycles. The molecule has 0 radical (unpaired) electrons. The zero-order chi connectivity index (χ0) is 11.8. The second-order valence-electron chi connectivity index (χ2n) is 3.64. The number of halogens is 3. The van der Waals surface area contributed by atoms with Crippen molar-refractivity contribution in [2.75, 3.05) is 0 Å². The second-order valence-corrected chi connectivity index (χ2v) is 3.64. The van der Waals surface area contributed by atoms with Crippen LogP contribution in [0.25, 0.3) is 0 Å². The molecule has 0 unspecified atom stereocenters. The van der Waals surface area contributed by atoms with Gasteiger partial charge in [0.15, 0.2) is 0 Å². The maximum Gasteiger partial charge on any atom is 0.416 e. The van der Waals surface area contributed by atoms with E-state index in [4.69, 9.17) is 4.74 Å². The fourth-order valence-electron chi connectivity index (χ4n) is 1.68. The smallest absolute Gasteiger partial charge is 0.416 e. The first-order chi connectivity index (χ1) is 7.47. The highest BCUT2D eigenvalue weighted by Crippen LogP contribution is 2.34. The quantitative estimate of drug-likeness (QED) is 0.693. The van der Waals surface area contributed by atoms with Crippen molar-refractivity contribution in [3.05, 3.63) is 35.4 Å². The summed E-state index contributed by atoms with van der Waals surface area (Å²) in [5.41, 5.74) is -0.311. The summed E-state index contributed by atoms with van der Waals surface area (Å²) in [6, 6.07) is 4.90. The van der Waals surface area contributed by atoms with Crippen LogP contribution < -0.4 is 0 Å². The largest absolute Gasteiger partial charge is 0.457 e. The minimum Gasteiger partial charge on any atom is -0.457 e. The molecule has 1 heterocycles. The zero-order valence-electron chi connectivity index (χ0n) is 8.25. The van der Waals surface area contributed by atoms with Crippen molar-refractivity contribution in [2.45, 2.75) is 25.1 Å². The van der Waals surface area contributed by atoms with Crippen molar-refractivity contribution in [2.24, 2.45) is 0 Å². The average molecular weight is 230 g/mol. The summed E-state index contributed by atoms with van der Waals surface area (Å²) in [5.74, 6) is -0.359. The van der Waals surface area contributed by atoms with Gasteiger partial charge in [0, 0.05) is 6.42 Å². The number of carbonyl (C=O) groups excluding carboxylic acids is 1. The molecule has 1 aromatic rings. The van der Waals surface area contributed by atoms with E-state index in [-0.39, 0.29) is 12.4 Å². The number of esters is 1. The molecule has 1 aliphatic rings. The lowest BCUT2D eigenvalue weighted by Crippen LogP contribution is -2.06. The predicted octanol–water partition coefficient (Wildman–Crippen LogP) is 3.08. The highest BCUT2D eigenvalue weighted by molar-refractivity contribution is 5.71. The normalized spacial score (nSPS) is 20.9. The summed E-state index contributed by atoms with van der Waals surface area (Å²) in [5, 5.41) is 0. The lowest BCUT2D eigenvalue weighted by Gasteiger charge is -2.12. The van der Waals surface area contributed by atoms with Crippen LogP contribution in [-0.4, -0.2) is 5.97 Å². The molecule has 16 heavy (non-hydrogen) atoms. The topological polar surface area (TPSA) is 26.3 Å². The summed E-state index contributed by atoms with van der Waals surface area (Å²) in [6.07, 6.45) is -4.19. The molecule has 0 spiro atoms. The summed E-state index contributed by atoms with van der Waals surface area (Å²) in [7, 11) is 0. The van der Waals surface area contributed by atoms with Gasteiger partial charge in [0.05, 0.1) is 5.56 Å². The van der Waals surface area contributed by atoms with Crippen LogP contribution in [0.3, 0.4) is 0 Å². The third kappa shape index (κ3) is 2.18. The van der Waals surface area contributed by atoms with E-state index in [1.165, 1.54) is 6.07 Å². The van der Waals surface area contributed by atoms with Crippen LogP contribution >= 0.6 is 0 Å². The summed E-state index contributed by atoms with van der Waals surface area (Å²) in [4.78, 5) is 10.9. The molecular formula is C11H9F3O2. The van der Waals surface area contributed by atoms with Gasteiger partial charge in [0.1, 0.15) is 6.10 Å². The molecule has 2 rings (SSSR count). The standard InChI is InChI=1S/C11H9F3O2/c12-11(13,14)8-3-1-2-7(6-8)9-4-5-10(15)16-9/h1-3,6,9H,4-5H2/t9-/m0/s1. The third-order valence-corrected chi connectivity index (χ3v) is 2.47. The van der Waals surface area contributed by atoms with Crippen molar-refractivity contribution in [3.8, 4) is 0 Å². The van der Waals surface area contributed by atoms with Crippen LogP contribution in [0.5, 0.6) is 0 Å². The summed E-state index contributed by atoms with van der Waals surface area (Å²) in [6.45, 7) is 0. The molecule has 1 aromatic carbocycles. The number of hydrogen-bond acceptors (Lipinski definition) is 2. The van der Waals surface area contributed by atoms with Gasteiger partial charge in [0.25, 0.3) is 0 Å². The Morgan fingerprint density at radius 3 is 2.62 bits per heavy atom. The Balaban J connectivity index is 2.26. The summed E-state index contributed by atoms with van der Waals surface area (Å²) < 4.78 is 42.2. The Hall–Kier alpha value is -1.52. The summed E-state index contributed by atoms with van der Waals surface area (Å²) >= 11 is 0. The van der Waals surface area contributed by atoms with E-state index >= 15 is 0 Å². The van der Waals surface area contributed by atoms with Crippen LogP contribution in [0, 0.1) is 0 Å². The van der Waals surface area contributed by atoms with E-state index in [9.17, 15) is 18.0 Å². The van der Waals surface area contributed by atoms with Crippen LogP contribution in [0.1, 0.15) is 30.1 Å². The van der Waals surface area contributed by atoms with Crippen molar-refractivity contribution in [1.82, 2.24) is 0 Å². The Morgan fingerprint density at radius 2 is 2.06 bits per heavy atom. The number of ether oxygens (including phenoxy) is 1. The zero-order valence-corrected chi connectivity index (χ0v) is 8.25. The van der Waals surface area contributed by atoms with Crippen LogP contribution in [0.4, 0.5) is 13.2 Å². The van der Waals surface area contributed by atoms with E-state index in [1.807, 2.05) is 0 Å². The number of carbonyl (C=O) groups is 1. The molecule has 1 saturated heterocycles. The highest BCUT2D eigenvalue weighted by Gasteiger charge is 2.32. The maximum atomic E-state index is 12.4. The fourth-order valence-corrected chi connectivity index (χ4v) is 1.68. The average Bonchev–Trinajstić information content (AvgIpc) is 2.64. The van der Waals surface area contributed by atoms with Crippen molar-refractivity contribution in [1.29, 1.82) is 0 Å². The number of benzene rings is 1. The number of alkyl halides is 3. The minimum absolute atomic E-state index is 0.265. The first-order valence-electron chi connectivity index (χ1n) is 4.83. The van der Waals surface area contributed by atoms with Gasteiger partial charge in [0.2, 0.25) is 0 Å². The van der Waals surface area contributed by atoms with Crippen molar-refractivity contribution in [3.63, 3.8) is 0 Å². The Labute approximate surface area is 90.0 Å². The SMILES string of the molecule is O=C1CC[C@@H](c2cccc(C(F)(F)F)c2)O1. The van der Waals surface area contributed by atoms with Gasteiger partial charge in [-0.05, 0) is 24.1 Å². The van der Waals surface area contributed by atoms with E-state index < -0.39 is 17.8 Å². The first-order valence-corrected chi connectivity index (χ1v) is 4.83. The Morgan fingerprint density at radius 1 is 1.31 bits per heavy atom. The number of hydrogen-bond donors (Lipinski definition) is 0. The van der Waals surface area contributed by atoms with Crippen LogP contribution in [0.2, 0.25) is 0 Å². The van der Waals surface area contributed by atoms with Gasteiger partial charge < -0.3 is 4.74 Å². The monoisotopic (exact) mass is 230 g/mol. The predicted molar refractivity (Wildman–Crippen MR) is 49.5 cm³/mol. The van der Waals surface area contributed by atoms with E-state index in [1.54, 1.807) is 6.07 Å². The van der Waals surface area contributed by atoms with Crippen LogP contribution in [-0.2, 0) is 15.7 Å². The Kier molecular flexibility index (Phi) is 2.61. The van der Waals surface area contributed by atoms with Gasteiger partial charge in [-0.2, -0.15) is 13.2 Å². The van der Waals surface area contributed by atoms with Gasteiger partial charge in [-0.3, -0.25) is 4.79 Å². The second kappa shape index (κ2) is 3.81. The van der Waals surface area contributed by atoms with E-state index in [0.29, 0.717) is 12.0 Å². The maximum absolute atomic E-state index is 12.4. The van der Waals surface area contributed by atoms with Gasteiger partial charge in [-0.1, -0.05) is 12.1 Å². The molecule has 0 bridgehead atoms. The number of rotatable bonds is 1. The number of cyclic esters (lactones) is 1. The Bertz CT molecular complexity index is 412. The van der Waals surface area contributed by atoms with E-state index in [0.717, 1.165) is 12.1 Å². The van der Waals surface area contributed by atoms with Crippen LogP contribution in [0.15, 0.2) is 24.3 Å². The van der Waals surface area contributed by atoms with Crippen molar-refractivity contribution < 1.29 is 22.7 Å². The fraction of sp³-hybridized carbons (Fsp3) is 0.364. The molecule has 1 atom stereocenters. The highest BCUT2D eigenvalue weighted by atomic mass is 19.4. The first kappa shape index (κ1) is 11.0. The lowest BCUT2D eigenvalue weighted by atomic mass is 10.0.